The Kier molecular flexibility index (Phi) is 9.28. The van der Waals surface area contributed by atoms with E-state index in [-0.39, 0.29) is 0 Å². The monoisotopic (exact) mass is 259 g/mol. The maximum absolute atomic E-state index is 11.0. The molecule has 18 heavy (non-hydrogen) atoms. The summed E-state index contributed by atoms with van der Waals surface area (Å²) in [6.07, 6.45) is 7.03. The van der Waals surface area contributed by atoms with Gasteiger partial charge in [-0.05, 0) is 13.3 Å². The molecule has 0 aliphatic heterocycles. The average molecular weight is 259 g/mol. The van der Waals surface area contributed by atoms with Gasteiger partial charge in [0.2, 0.25) is 0 Å². The van der Waals surface area contributed by atoms with E-state index in [9.17, 15) is 9.59 Å². The molecule has 3 N–H and O–H groups in total. The van der Waals surface area contributed by atoms with Crippen LogP contribution in [0.3, 0.4) is 0 Å². The highest BCUT2D eigenvalue weighted by Crippen LogP contribution is 2.09. The van der Waals surface area contributed by atoms with E-state index in [0.717, 1.165) is 19.3 Å². The van der Waals surface area contributed by atoms with Gasteiger partial charge in [0.25, 0.3) is 0 Å². The summed E-state index contributed by atoms with van der Waals surface area (Å²) < 4.78 is 0. The Morgan fingerprint density at radius 3 is 2.06 bits per heavy atom. The molecule has 0 aliphatic rings. The van der Waals surface area contributed by atoms with E-state index in [0.29, 0.717) is 6.42 Å². The van der Waals surface area contributed by atoms with Crippen molar-refractivity contribution in [2.24, 2.45) is 0 Å². The smallest absolute Gasteiger partial charge is 0.320 e. The average Bonchev–Trinajstić information content (AvgIpc) is 2.31. The Balaban J connectivity index is 3.84. The molecule has 0 fully saturated rings. The highest BCUT2D eigenvalue weighted by molar-refractivity contribution is 5.77. The van der Waals surface area contributed by atoms with Crippen LogP contribution in [-0.2, 0) is 9.59 Å². The molecule has 0 aromatic heterocycles. The fraction of sp³-hybridized carbons (Fsp3) is 0.846. The first-order valence-electron chi connectivity index (χ1n) is 6.70. The Bertz CT molecular complexity index is 255. The zero-order chi connectivity index (χ0) is 14.0. The predicted octanol–water partition coefficient (Wildman–Crippen LogP) is 2.25. The van der Waals surface area contributed by atoms with Gasteiger partial charge < -0.3 is 10.2 Å². The van der Waals surface area contributed by atoms with Gasteiger partial charge in [-0.15, -0.1) is 0 Å². The Hall–Kier alpha value is -1.10. The molecule has 0 amide bonds. The lowest BCUT2D eigenvalue weighted by Gasteiger charge is -2.17. The van der Waals surface area contributed by atoms with Crippen molar-refractivity contribution >= 4 is 11.9 Å². The van der Waals surface area contributed by atoms with Gasteiger partial charge in [0.05, 0.1) is 0 Å². The van der Waals surface area contributed by atoms with Crippen molar-refractivity contribution in [3.8, 4) is 0 Å². The minimum absolute atomic E-state index is 0.485. The molecule has 0 rings (SSSR count). The van der Waals surface area contributed by atoms with Crippen LogP contribution in [-0.4, -0.2) is 34.2 Å². The normalized spacial score (nSPS) is 14.1. The number of carboxylic acids is 2. The van der Waals surface area contributed by atoms with Gasteiger partial charge in [0.1, 0.15) is 12.1 Å². The summed E-state index contributed by atoms with van der Waals surface area (Å²) in [5, 5.41) is 20.3. The third kappa shape index (κ3) is 8.06. The van der Waals surface area contributed by atoms with Crippen LogP contribution in [0.2, 0.25) is 0 Å². The van der Waals surface area contributed by atoms with Crippen LogP contribution >= 0.6 is 0 Å². The Morgan fingerprint density at radius 2 is 1.56 bits per heavy atom. The predicted molar refractivity (Wildman–Crippen MR) is 69.7 cm³/mol. The van der Waals surface area contributed by atoms with Crippen LogP contribution in [0.5, 0.6) is 0 Å². The van der Waals surface area contributed by atoms with Crippen molar-refractivity contribution in [2.45, 2.75) is 70.9 Å². The second kappa shape index (κ2) is 9.88. The molecule has 0 bridgehead atoms. The molecule has 0 radical (unpaired) electrons. The van der Waals surface area contributed by atoms with E-state index in [1.165, 1.54) is 26.2 Å². The summed E-state index contributed by atoms with van der Waals surface area (Å²) >= 11 is 0. The molecule has 5 nitrogen and oxygen atoms in total. The van der Waals surface area contributed by atoms with Crippen LogP contribution in [0, 0.1) is 0 Å². The van der Waals surface area contributed by atoms with Gasteiger partial charge in [-0.25, -0.2) is 0 Å². The molecule has 0 aromatic rings. The fourth-order valence-corrected chi connectivity index (χ4v) is 1.78. The molecule has 5 heteroatoms. The topological polar surface area (TPSA) is 86.6 Å². The van der Waals surface area contributed by atoms with E-state index in [1.54, 1.807) is 0 Å². The Morgan fingerprint density at radius 1 is 1.00 bits per heavy atom. The number of hydrogen-bond donors (Lipinski definition) is 3. The van der Waals surface area contributed by atoms with Crippen LogP contribution in [0.1, 0.15) is 58.8 Å². The number of nitrogens with one attached hydrogen (secondary N) is 1. The second-order valence-electron chi connectivity index (χ2n) is 4.67. The lowest BCUT2D eigenvalue weighted by atomic mass is 10.1. The molecule has 0 spiro atoms. The molecule has 0 heterocycles. The summed E-state index contributed by atoms with van der Waals surface area (Å²) in [7, 11) is 0. The highest BCUT2D eigenvalue weighted by atomic mass is 16.4. The zero-order valence-corrected chi connectivity index (χ0v) is 11.3. The van der Waals surface area contributed by atoms with Gasteiger partial charge in [-0.1, -0.05) is 45.4 Å². The molecule has 0 aliphatic carbocycles. The van der Waals surface area contributed by atoms with E-state index in [2.05, 4.69) is 12.2 Å². The maximum Gasteiger partial charge on any atom is 0.320 e. The third-order valence-electron chi connectivity index (χ3n) is 2.97. The highest BCUT2D eigenvalue weighted by Gasteiger charge is 2.21. The minimum atomic E-state index is -1.02. The number of aliphatic carboxylic acids is 2. The summed E-state index contributed by atoms with van der Waals surface area (Å²) in [5.41, 5.74) is 0. The van der Waals surface area contributed by atoms with Crippen LogP contribution in [0.25, 0.3) is 0 Å². The van der Waals surface area contributed by atoms with E-state index in [4.69, 9.17) is 10.2 Å². The SMILES string of the molecule is CCCCCCCCC(N[C@H](C)C(=O)O)C(=O)O. The maximum atomic E-state index is 11.0. The molecular weight excluding hydrogens is 234 g/mol. The quantitative estimate of drug-likeness (QED) is 0.495. The first-order valence-corrected chi connectivity index (χ1v) is 6.70. The summed E-state index contributed by atoms with van der Waals surface area (Å²) in [6.45, 7) is 3.61. The number of unbranched alkanes of at least 4 members (excludes halogenated alkanes) is 5. The van der Waals surface area contributed by atoms with Crippen LogP contribution < -0.4 is 5.32 Å². The molecule has 2 atom stereocenters. The molecule has 106 valence electrons. The van der Waals surface area contributed by atoms with Crippen molar-refractivity contribution < 1.29 is 19.8 Å². The molecular formula is C13H25NO4. The van der Waals surface area contributed by atoms with Gasteiger partial charge in [-0.2, -0.15) is 0 Å². The van der Waals surface area contributed by atoms with Crippen molar-refractivity contribution in [3.05, 3.63) is 0 Å². The number of rotatable bonds is 11. The van der Waals surface area contributed by atoms with Crippen LogP contribution in [0.4, 0.5) is 0 Å². The van der Waals surface area contributed by atoms with Crippen molar-refractivity contribution in [1.82, 2.24) is 5.32 Å². The van der Waals surface area contributed by atoms with Gasteiger partial charge >= 0.3 is 11.9 Å². The van der Waals surface area contributed by atoms with Gasteiger partial charge in [0.15, 0.2) is 0 Å². The first-order chi connectivity index (χ1) is 8.49. The van der Waals surface area contributed by atoms with Crippen molar-refractivity contribution in [3.63, 3.8) is 0 Å². The zero-order valence-electron chi connectivity index (χ0n) is 11.3. The van der Waals surface area contributed by atoms with Crippen molar-refractivity contribution in [2.75, 3.05) is 0 Å². The number of hydrogen-bond acceptors (Lipinski definition) is 3. The van der Waals surface area contributed by atoms with Gasteiger partial charge in [0, 0.05) is 0 Å². The first kappa shape index (κ1) is 16.9. The van der Waals surface area contributed by atoms with Crippen molar-refractivity contribution in [1.29, 1.82) is 0 Å². The lowest BCUT2D eigenvalue weighted by Crippen LogP contribution is -2.45. The second-order valence-corrected chi connectivity index (χ2v) is 4.67. The standard InChI is InChI=1S/C13H25NO4/c1-3-4-5-6-7-8-9-11(13(17)18)14-10(2)12(15)16/h10-11,14H,3-9H2,1-2H3,(H,15,16)(H,17,18)/t10-,11?/m1/s1. The number of carboxylic acid groups (broad SMARTS) is 2. The molecule has 1 unspecified atom stereocenters. The number of carbonyl (C=O) groups is 2. The fourth-order valence-electron chi connectivity index (χ4n) is 1.78. The molecule has 0 saturated carbocycles. The summed E-state index contributed by atoms with van der Waals surface area (Å²) in [5.74, 6) is -2.00. The molecule has 0 aromatic carbocycles. The summed E-state index contributed by atoms with van der Waals surface area (Å²) in [4.78, 5) is 21.6. The van der Waals surface area contributed by atoms with E-state index >= 15 is 0 Å². The van der Waals surface area contributed by atoms with Crippen LogP contribution in [0.15, 0.2) is 0 Å². The largest absolute Gasteiger partial charge is 0.480 e. The third-order valence-corrected chi connectivity index (χ3v) is 2.97. The lowest BCUT2D eigenvalue weighted by molar-refractivity contribution is -0.142. The van der Waals surface area contributed by atoms with E-state index < -0.39 is 24.0 Å². The molecule has 0 saturated heterocycles. The van der Waals surface area contributed by atoms with E-state index in [1.807, 2.05) is 0 Å². The minimum Gasteiger partial charge on any atom is -0.480 e. The van der Waals surface area contributed by atoms with Gasteiger partial charge in [-0.3, -0.25) is 14.9 Å². The summed E-state index contributed by atoms with van der Waals surface area (Å²) in [6, 6.07) is -1.59. The Labute approximate surface area is 109 Å².